The van der Waals surface area contributed by atoms with E-state index in [1.165, 1.54) is 12.1 Å². The van der Waals surface area contributed by atoms with Crippen LogP contribution in [0, 0.1) is 5.92 Å². The quantitative estimate of drug-likeness (QED) is 0.788. The first kappa shape index (κ1) is 16.9. The third-order valence-corrected chi connectivity index (χ3v) is 3.18. The number of carbonyl (C=O) groups is 1. The molecule has 2 aromatic rings. The van der Waals surface area contributed by atoms with Crippen molar-refractivity contribution in [3.63, 3.8) is 0 Å². The molecule has 0 aliphatic carbocycles. The van der Waals surface area contributed by atoms with Gasteiger partial charge in [0.15, 0.2) is 0 Å². The lowest BCUT2D eigenvalue weighted by atomic mass is 10.1. The summed E-state index contributed by atoms with van der Waals surface area (Å²) in [5.41, 5.74) is -0.454. The van der Waals surface area contributed by atoms with Crippen molar-refractivity contribution in [3.8, 4) is 0 Å². The molecule has 0 aliphatic heterocycles. The van der Waals surface area contributed by atoms with E-state index in [-0.39, 0.29) is 5.92 Å². The van der Waals surface area contributed by atoms with E-state index in [1.54, 1.807) is 12.4 Å². The Morgan fingerprint density at radius 2 is 2.00 bits per heavy atom. The molecule has 2 amide bonds. The Kier molecular flexibility index (Phi) is 5.25. The lowest BCUT2D eigenvalue weighted by molar-refractivity contribution is -0.137. The average Bonchev–Trinajstić information content (AvgIpc) is 2.98. The largest absolute Gasteiger partial charge is 0.416 e. The number of aromatic amines is 1. The molecule has 2 rings (SSSR count). The van der Waals surface area contributed by atoms with Gasteiger partial charge in [-0.25, -0.2) is 9.78 Å². The SMILES string of the molecule is CC(CNC(=O)Nc1ccc(C(F)(F)F)cc1)Cc1ncc[nH]1. The first-order valence-corrected chi connectivity index (χ1v) is 7.05. The maximum absolute atomic E-state index is 12.4. The van der Waals surface area contributed by atoms with Gasteiger partial charge in [0.05, 0.1) is 5.56 Å². The van der Waals surface area contributed by atoms with Crippen LogP contribution in [0.4, 0.5) is 23.7 Å². The molecule has 1 aromatic carbocycles. The predicted octanol–water partition coefficient (Wildman–Crippen LogP) is 3.43. The van der Waals surface area contributed by atoms with Crippen LogP contribution in [0.5, 0.6) is 0 Å². The number of amides is 2. The van der Waals surface area contributed by atoms with Gasteiger partial charge in [0.2, 0.25) is 0 Å². The van der Waals surface area contributed by atoms with Crippen molar-refractivity contribution in [2.75, 3.05) is 11.9 Å². The van der Waals surface area contributed by atoms with Crippen molar-refractivity contribution < 1.29 is 18.0 Å². The van der Waals surface area contributed by atoms with Crippen molar-refractivity contribution in [1.82, 2.24) is 15.3 Å². The highest BCUT2D eigenvalue weighted by Gasteiger charge is 2.29. The van der Waals surface area contributed by atoms with Crippen LogP contribution < -0.4 is 10.6 Å². The Bertz CT molecular complexity index is 623. The first-order chi connectivity index (χ1) is 10.8. The molecule has 0 spiro atoms. The van der Waals surface area contributed by atoms with Crippen molar-refractivity contribution in [3.05, 3.63) is 48.0 Å². The topological polar surface area (TPSA) is 69.8 Å². The second-order valence-electron chi connectivity index (χ2n) is 5.26. The van der Waals surface area contributed by atoms with E-state index in [0.29, 0.717) is 18.7 Å². The summed E-state index contributed by atoms with van der Waals surface area (Å²) in [7, 11) is 0. The standard InChI is InChI=1S/C15H17F3N4O/c1-10(8-13-19-6-7-20-13)9-21-14(23)22-12-4-2-11(3-5-12)15(16,17)18/h2-7,10H,8-9H2,1H3,(H,19,20)(H2,21,22,23). The summed E-state index contributed by atoms with van der Waals surface area (Å²) in [6.07, 6.45) is -0.310. The number of anilines is 1. The monoisotopic (exact) mass is 326 g/mol. The van der Waals surface area contributed by atoms with Crippen molar-refractivity contribution in [2.24, 2.45) is 5.92 Å². The summed E-state index contributed by atoms with van der Waals surface area (Å²) in [4.78, 5) is 18.8. The summed E-state index contributed by atoms with van der Waals surface area (Å²) in [6, 6.07) is 3.82. The van der Waals surface area contributed by atoms with E-state index < -0.39 is 17.8 Å². The van der Waals surface area contributed by atoms with Gasteiger partial charge in [0.25, 0.3) is 0 Å². The van der Waals surface area contributed by atoms with Gasteiger partial charge in [0.1, 0.15) is 5.82 Å². The number of alkyl halides is 3. The number of hydrogen-bond donors (Lipinski definition) is 3. The van der Waals surface area contributed by atoms with E-state index in [0.717, 1.165) is 18.0 Å². The van der Waals surface area contributed by atoms with E-state index in [1.807, 2.05) is 6.92 Å². The van der Waals surface area contributed by atoms with E-state index in [9.17, 15) is 18.0 Å². The molecule has 0 fully saturated rings. The molecule has 3 N–H and O–H groups in total. The number of nitrogens with one attached hydrogen (secondary N) is 3. The van der Waals surface area contributed by atoms with E-state index in [2.05, 4.69) is 20.6 Å². The third kappa shape index (κ3) is 5.32. The van der Waals surface area contributed by atoms with Crippen LogP contribution in [-0.4, -0.2) is 22.5 Å². The maximum atomic E-state index is 12.4. The molecule has 8 heteroatoms. The number of urea groups is 1. The molecule has 0 aliphatic rings. The number of aromatic nitrogens is 2. The number of benzene rings is 1. The molecule has 23 heavy (non-hydrogen) atoms. The van der Waals surface area contributed by atoms with Crippen LogP contribution in [0.3, 0.4) is 0 Å². The molecule has 1 heterocycles. The number of H-pyrrole nitrogens is 1. The molecule has 0 bridgehead atoms. The van der Waals surface area contributed by atoms with Crippen molar-refractivity contribution >= 4 is 11.7 Å². The zero-order valence-electron chi connectivity index (χ0n) is 12.4. The van der Waals surface area contributed by atoms with Gasteiger partial charge in [-0.1, -0.05) is 6.92 Å². The highest BCUT2D eigenvalue weighted by atomic mass is 19.4. The minimum atomic E-state index is -4.39. The molecule has 1 atom stereocenters. The van der Waals surface area contributed by atoms with Crippen molar-refractivity contribution in [1.29, 1.82) is 0 Å². The second-order valence-corrected chi connectivity index (χ2v) is 5.26. The number of carbonyl (C=O) groups excluding carboxylic acids is 1. The molecule has 0 saturated heterocycles. The molecule has 5 nitrogen and oxygen atoms in total. The average molecular weight is 326 g/mol. The molecule has 1 unspecified atom stereocenters. The van der Waals surface area contributed by atoms with Crippen LogP contribution in [0.1, 0.15) is 18.3 Å². The number of rotatable bonds is 5. The Morgan fingerprint density at radius 3 is 2.57 bits per heavy atom. The molecular formula is C15H17F3N4O. The number of halogens is 3. The zero-order valence-corrected chi connectivity index (χ0v) is 12.4. The maximum Gasteiger partial charge on any atom is 0.416 e. The Balaban J connectivity index is 1.78. The van der Waals surface area contributed by atoms with Crippen LogP contribution >= 0.6 is 0 Å². The normalized spacial score (nSPS) is 12.7. The van der Waals surface area contributed by atoms with Crippen LogP contribution in [0.2, 0.25) is 0 Å². The fourth-order valence-corrected chi connectivity index (χ4v) is 2.00. The van der Waals surface area contributed by atoms with Crippen LogP contribution in [-0.2, 0) is 12.6 Å². The number of hydrogen-bond acceptors (Lipinski definition) is 2. The minimum Gasteiger partial charge on any atom is -0.349 e. The highest BCUT2D eigenvalue weighted by Crippen LogP contribution is 2.29. The summed E-state index contributed by atoms with van der Waals surface area (Å²) in [5, 5.41) is 5.17. The van der Waals surface area contributed by atoms with Crippen LogP contribution in [0.25, 0.3) is 0 Å². The Labute approximate surface area is 131 Å². The highest BCUT2D eigenvalue weighted by molar-refractivity contribution is 5.89. The number of nitrogens with zero attached hydrogens (tertiary/aromatic N) is 1. The number of imidazole rings is 1. The van der Waals surface area contributed by atoms with Crippen molar-refractivity contribution in [2.45, 2.75) is 19.5 Å². The third-order valence-electron chi connectivity index (χ3n) is 3.18. The molecular weight excluding hydrogens is 309 g/mol. The summed E-state index contributed by atoms with van der Waals surface area (Å²) in [6.45, 7) is 2.38. The van der Waals surface area contributed by atoms with Gasteiger partial charge in [0, 0.05) is 31.0 Å². The van der Waals surface area contributed by atoms with Crippen LogP contribution in [0.15, 0.2) is 36.7 Å². The summed E-state index contributed by atoms with van der Waals surface area (Å²) < 4.78 is 37.3. The van der Waals surface area contributed by atoms with Gasteiger partial charge < -0.3 is 15.6 Å². The predicted molar refractivity (Wildman–Crippen MR) is 79.9 cm³/mol. The minimum absolute atomic E-state index is 0.166. The van der Waals surface area contributed by atoms with Gasteiger partial charge >= 0.3 is 12.2 Å². The van der Waals surface area contributed by atoms with Gasteiger partial charge in [-0.3, -0.25) is 0 Å². The Morgan fingerprint density at radius 1 is 1.30 bits per heavy atom. The van der Waals surface area contributed by atoms with Gasteiger partial charge in [-0.2, -0.15) is 13.2 Å². The lowest BCUT2D eigenvalue weighted by Crippen LogP contribution is -2.33. The fraction of sp³-hybridized carbons (Fsp3) is 0.333. The summed E-state index contributed by atoms with van der Waals surface area (Å²) >= 11 is 0. The molecule has 1 aromatic heterocycles. The molecule has 0 saturated carbocycles. The van der Waals surface area contributed by atoms with E-state index in [4.69, 9.17) is 0 Å². The molecule has 124 valence electrons. The smallest absolute Gasteiger partial charge is 0.349 e. The first-order valence-electron chi connectivity index (χ1n) is 7.05. The van der Waals surface area contributed by atoms with Gasteiger partial charge in [-0.15, -0.1) is 0 Å². The van der Waals surface area contributed by atoms with Gasteiger partial charge in [-0.05, 0) is 30.2 Å². The second kappa shape index (κ2) is 7.17. The molecule has 0 radical (unpaired) electrons. The Hall–Kier alpha value is -2.51. The lowest BCUT2D eigenvalue weighted by Gasteiger charge is -2.13. The fourth-order valence-electron chi connectivity index (χ4n) is 2.00. The van der Waals surface area contributed by atoms with E-state index >= 15 is 0 Å². The zero-order chi connectivity index (χ0) is 16.9. The summed E-state index contributed by atoms with van der Waals surface area (Å²) in [5.74, 6) is 1.00.